The van der Waals surface area contributed by atoms with Crippen molar-refractivity contribution in [3.05, 3.63) is 18.0 Å². The van der Waals surface area contributed by atoms with E-state index in [-0.39, 0.29) is 12.5 Å². The largest absolute Gasteiger partial charge is 0.396 e. The summed E-state index contributed by atoms with van der Waals surface area (Å²) in [6.45, 7) is 0.502. The fraction of sp³-hybridized carbons (Fsp3) is 0.556. The normalized spacial score (nSPS) is 10.1. The Kier molecular flexibility index (Phi) is 4.12. The Balaban J connectivity index is 2.23. The van der Waals surface area contributed by atoms with Gasteiger partial charge in [-0.3, -0.25) is 9.48 Å². The summed E-state index contributed by atoms with van der Waals surface area (Å²) < 4.78 is 1.69. The lowest BCUT2D eigenvalue weighted by Crippen LogP contribution is -2.22. The Bertz CT molecular complexity index is 296. The lowest BCUT2D eigenvalue weighted by molar-refractivity contribution is -0.121. The Morgan fingerprint density at radius 1 is 1.71 bits per heavy atom. The van der Waals surface area contributed by atoms with E-state index in [0.29, 0.717) is 19.4 Å². The molecular weight excluding hydrogens is 182 g/mol. The molecule has 14 heavy (non-hydrogen) atoms. The maximum Gasteiger partial charge on any atom is 0.220 e. The van der Waals surface area contributed by atoms with Gasteiger partial charge >= 0.3 is 0 Å². The second-order valence-electron chi connectivity index (χ2n) is 3.08. The monoisotopic (exact) mass is 197 g/mol. The molecule has 0 saturated heterocycles. The Labute approximate surface area is 82.7 Å². The second-order valence-corrected chi connectivity index (χ2v) is 3.08. The molecule has 0 atom stereocenters. The third kappa shape index (κ3) is 3.57. The van der Waals surface area contributed by atoms with Crippen LogP contribution >= 0.6 is 0 Å². The Hall–Kier alpha value is -1.36. The van der Waals surface area contributed by atoms with Crippen LogP contribution in [-0.2, 0) is 18.4 Å². The van der Waals surface area contributed by atoms with Gasteiger partial charge in [0.2, 0.25) is 5.91 Å². The molecule has 0 aliphatic carbocycles. The fourth-order valence-corrected chi connectivity index (χ4v) is 1.07. The van der Waals surface area contributed by atoms with Gasteiger partial charge in [0.15, 0.2) is 0 Å². The molecule has 1 rings (SSSR count). The van der Waals surface area contributed by atoms with Crippen LogP contribution in [0.2, 0.25) is 0 Å². The van der Waals surface area contributed by atoms with Crippen molar-refractivity contribution in [1.82, 2.24) is 15.1 Å². The molecule has 0 saturated carbocycles. The second kappa shape index (κ2) is 5.39. The summed E-state index contributed by atoms with van der Waals surface area (Å²) >= 11 is 0. The molecule has 0 unspecified atom stereocenters. The molecule has 0 aromatic carbocycles. The van der Waals surface area contributed by atoms with Gasteiger partial charge in [-0.05, 0) is 12.5 Å². The quantitative estimate of drug-likeness (QED) is 0.687. The molecule has 0 fully saturated rings. The minimum absolute atomic E-state index is 0.0512. The van der Waals surface area contributed by atoms with E-state index in [1.807, 2.05) is 19.3 Å². The molecule has 5 heteroatoms. The number of nitrogens with one attached hydrogen (secondary N) is 1. The molecule has 0 aliphatic heterocycles. The van der Waals surface area contributed by atoms with Gasteiger partial charge in [-0.1, -0.05) is 0 Å². The first-order valence-corrected chi connectivity index (χ1v) is 4.58. The van der Waals surface area contributed by atoms with Crippen LogP contribution in [0.15, 0.2) is 12.3 Å². The minimum Gasteiger partial charge on any atom is -0.396 e. The number of hydrogen-bond donors (Lipinski definition) is 2. The third-order valence-electron chi connectivity index (χ3n) is 1.80. The lowest BCUT2D eigenvalue weighted by Gasteiger charge is -2.01. The van der Waals surface area contributed by atoms with E-state index in [1.54, 1.807) is 4.68 Å². The van der Waals surface area contributed by atoms with Crippen molar-refractivity contribution < 1.29 is 9.90 Å². The molecule has 0 aliphatic rings. The number of aromatic nitrogens is 2. The van der Waals surface area contributed by atoms with E-state index in [1.165, 1.54) is 0 Å². The smallest absolute Gasteiger partial charge is 0.220 e. The summed E-state index contributed by atoms with van der Waals surface area (Å²) in [5.74, 6) is -0.0512. The van der Waals surface area contributed by atoms with Gasteiger partial charge in [-0.25, -0.2) is 0 Å². The van der Waals surface area contributed by atoms with E-state index >= 15 is 0 Å². The fourth-order valence-electron chi connectivity index (χ4n) is 1.07. The van der Waals surface area contributed by atoms with E-state index in [9.17, 15) is 4.79 Å². The maximum absolute atomic E-state index is 11.1. The van der Waals surface area contributed by atoms with E-state index in [4.69, 9.17) is 5.11 Å². The van der Waals surface area contributed by atoms with E-state index in [2.05, 4.69) is 10.4 Å². The zero-order chi connectivity index (χ0) is 10.4. The highest BCUT2D eigenvalue weighted by molar-refractivity contribution is 5.75. The predicted octanol–water partition coefficient (Wildman–Crippen LogP) is -0.191. The molecule has 1 aromatic heterocycles. The maximum atomic E-state index is 11.1. The van der Waals surface area contributed by atoms with Gasteiger partial charge < -0.3 is 10.4 Å². The minimum atomic E-state index is -0.0512. The van der Waals surface area contributed by atoms with Crippen LogP contribution in [-0.4, -0.2) is 27.4 Å². The van der Waals surface area contributed by atoms with Crippen LogP contribution in [0.3, 0.4) is 0 Å². The molecule has 1 aromatic rings. The molecule has 5 nitrogen and oxygen atoms in total. The molecule has 0 radical (unpaired) electrons. The summed E-state index contributed by atoms with van der Waals surface area (Å²) in [4.78, 5) is 11.1. The van der Waals surface area contributed by atoms with Gasteiger partial charge in [-0.2, -0.15) is 5.10 Å². The summed E-state index contributed by atoms with van der Waals surface area (Å²) in [5.41, 5.74) is 0.838. The van der Waals surface area contributed by atoms with Crippen LogP contribution < -0.4 is 5.32 Å². The summed E-state index contributed by atoms with van der Waals surface area (Å²) in [5, 5.41) is 15.3. The highest BCUT2D eigenvalue weighted by atomic mass is 16.3. The molecule has 1 amide bonds. The number of aryl methyl sites for hydroxylation is 1. The van der Waals surface area contributed by atoms with Gasteiger partial charge in [0.1, 0.15) is 0 Å². The van der Waals surface area contributed by atoms with Crippen molar-refractivity contribution in [2.45, 2.75) is 19.4 Å². The lowest BCUT2D eigenvalue weighted by atomic mass is 10.3. The molecule has 1 heterocycles. The van der Waals surface area contributed by atoms with Gasteiger partial charge in [0, 0.05) is 26.3 Å². The molecule has 78 valence electrons. The summed E-state index contributed by atoms with van der Waals surface area (Å²) in [7, 11) is 1.83. The Morgan fingerprint density at radius 3 is 3.07 bits per heavy atom. The number of aliphatic hydroxyl groups is 1. The average molecular weight is 197 g/mol. The number of rotatable bonds is 5. The van der Waals surface area contributed by atoms with Crippen molar-refractivity contribution in [3.8, 4) is 0 Å². The van der Waals surface area contributed by atoms with Crippen LogP contribution in [0.1, 0.15) is 18.5 Å². The van der Waals surface area contributed by atoms with Crippen LogP contribution in [0.5, 0.6) is 0 Å². The van der Waals surface area contributed by atoms with E-state index in [0.717, 1.165) is 5.69 Å². The van der Waals surface area contributed by atoms with Crippen molar-refractivity contribution >= 4 is 5.91 Å². The zero-order valence-electron chi connectivity index (χ0n) is 8.23. The standard InChI is InChI=1S/C9H15N3O2/c1-12-5-4-8(11-12)7-10-9(14)3-2-6-13/h4-5,13H,2-3,6-7H2,1H3,(H,10,14). The zero-order valence-corrected chi connectivity index (χ0v) is 8.23. The van der Waals surface area contributed by atoms with Gasteiger partial charge in [0.25, 0.3) is 0 Å². The first-order valence-electron chi connectivity index (χ1n) is 4.58. The predicted molar refractivity (Wildman–Crippen MR) is 51.4 cm³/mol. The number of amides is 1. The van der Waals surface area contributed by atoms with Crippen LogP contribution in [0.25, 0.3) is 0 Å². The van der Waals surface area contributed by atoms with Crippen molar-refractivity contribution in [2.75, 3.05) is 6.61 Å². The summed E-state index contributed by atoms with van der Waals surface area (Å²) in [6.07, 6.45) is 2.70. The molecular formula is C9H15N3O2. The highest BCUT2D eigenvalue weighted by Crippen LogP contribution is 1.94. The van der Waals surface area contributed by atoms with Gasteiger partial charge in [0.05, 0.1) is 12.2 Å². The number of carbonyl (C=O) groups is 1. The first kappa shape index (κ1) is 10.7. The van der Waals surface area contributed by atoms with Crippen LogP contribution in [0, 0.1) is 0 Å². The average Bonchev–Trinajstić information content (AvgIpc) is 2.58. The number of hydrogen-bond acceptors (Lipinski definition) is 3. The van der Waals surface area contributed by atoms with Crippen molar-refractivity contribution in [1.29, 1.82) is 0 Å². The van der Waals surface area contributed by atoms with Crippen molar-refractivity contribution in [3.63, 3.8) is 0 Å². The highest BCUT2D eigenvalue weighted by Gasteiger charge is 2.01. The Morgan fingerprint density at radius 2 is 2.50 bits per heavy atom. The number of aliphatic hydroxyl groups excluding tert-OH is 1. The first-order chi connectivity index (χ1) is 6.72. The summed E-state index contributed by atoms with van der Waals surface area (Å²) in [6, 6.07) is 1.85. The number of nitrogens with zero attached hydrogens (tertiary/aromatic N) is 2. The molecule has 0 bridgehead atoms. The number of carbonyl (C=O) groups excluding carboxylic acids is 1. The third-order valence-corrected chi connectivity index (χ3v) is 1.80. The van der Waals surface area contributed by atoms with Crippen molar-refractivity contribution in [2.24, 2.45) is 7.05 Å². The molecule has 0 spiro atoms. The van der Waals surface area contributed by atoms with Gasteiger partial charge in [-0.15, -0.1) is 0 Å². The van der Waals surface area contributed by atoms with E-state index < -0.39 is 0 Å². The topological polar surface area (TPSA) is 67.2 Å². The SMILES string of the molecule is Cn1ccc(CNC(=O)CCCO)n1. The molecule has 2 N–H and O–H groups in total. The van der Waals surface area contributed by atoms with Crippen LogP contribution in [0.4, 0.5) is 0 Å².